The summed E-state index contributed by atoms with van der Waals surface area (Å²) in [6.45, 7) is 16.2. The lowest BCUT2D eigenvalue weighted by Crippen LogP contribution is -2.22. The number of rotatable bonds is 8. The summed E-state index contributed by atoms with van der Waals surface area (Å²) < 4.78 is 0. The molecule has 0 amide bonds. The second kappa shape index (κ2) is 12.2. The summed E-state index contributed by atoms with van der Waals surface area (Å²) in [5.41, 5.74) is 5.14. The van der Waals surface area contributed by atoms with Crippen LogP contribution in [0.5, 0.6) is 0 Å². The maximum Gasteiger partial charge on any atom is 0.0239 e. The molecule has 26 heavy (non-hydrogen) atoms. The number of nitrogens with zero attached hydrogens (tertiary/aromatic N) is 2. The van der Waals surface area contributed by atoms with Crippen LogP contribution in [0.15, 0.2) is 61.7 Å². The van der Waals surface area contributed by atoms with E-state index < -0.39 is 0 Å². The molecule has 2 rings (SSSR count). The zero-order chi connectivity index (χ0) is 19.4. The number of hydrogen-bond donors (Lipinski definition) is 0. The van der Waals surface area contributed by atoms with Crippen molar-refractivity contribution in [3.63, 3.8) is 0 Å². The Hall–Kier alpha value is -2.16. The fourth-order valence-corrected chi connectivity index (χ4v) is 2.75. The fraction of sp³-hybridized carbons (Fsp3) is 0.333. The maximum absolute atomic E-state index is 3.83. The van der Waals surface area contributed by atoms with Crippen molar-refractivity contribution >= 4 is 12.2 Å². The van der Waals surface area contributed by atoms with Crippen LogP contribution in [0.2, 0.25) is 0 Å². The number of hydrogen-bond acceptors (Lipinski definition) is 2. The van der Waals surface area contributed by atoms with Crippen molar-refractivity contribution in [3.05, 3.63) is 83.9 Å². The van der Waals surface area contributed by atoms with E-state index in [4.69, 9.17) is 0 Å². The predicted molar refractivity (Wildman–Crippen MR) is 117 cm³/mol. The van der Waals surface area contributed by atoms with Crippen molar-refractivity contribution in [1.29, 1.82) is 0 Å². The molecule has 0 aliphatic rings. The lowest BCUT2D eigenvalue weighted by Gasteiger charge is -2.19. The predicted octanol–water partition coefficient (Wildman–Crippen LogP) is 5.56. The van der Waals surface area contributed by atoms with Crippen LogP contribution in [0, 0.1) is 0 Å². The van der Waals surface area contributed by atoms with Crippen LogP contribution in [0.4, 0.5) is 0 Å². The molecular weight excluding hydrogens is 316 g/mol. The molecule has 0 N–H and O–H groups in total. The zero-order valence-electron chi connectivity index (χ0n) is 16.9. The maximum atomic E-state index is 3.83. The van der Waals surface area contributed by atoms with E-state index in [1.54, 1.807) is 0 Å². The fourth-order valence-electron chi connectivity index (χ4n) is 2.75. The van der Waals surface area contributed by atoms with Gasteiger partial charge in [0.1, 0.15) is 0 Å². The molecule has 2 aromatic carbocycles. The van der Waals surface area contributed by atoms with E-state index in [-0.39, 0.29) is 0 Å². The van der Waals surface area contributed by atoms with Gasteiger partial charge >= 0.3 is 0 Å². The normalized spacial score (nSPS) is 10.4. The molecule has 2 nitrogen and oxygen atoms in total. The van der Waals surface area contributed by atoms with Gasteiger partial charge in [0, 0.05) is 13.1 Å². The molecule has 0 bridgehead atoms. The Morgan fingerprint density at radius 2 is 1.54 bits per heavy atom. The highest BCUT2D eigenvalue weighted by atomic mass is 15.1. The van der Waals surface area contributed by atoms with Crippen LogP contribution in [0.3, 0.4) is 0 Å². The van der Waals surface area contributed by atoms with Crippen molar-refractivity contribution in [2.24, 2.45) is 0 Å². The summed E-state index contributed by atoms with van der Waals surface area (Å²) in [7, 11) is 4.14. The third-order valence-electron chi connectivity index (χ3n) is 4.25. The van der Waals surface area contributed by atoms with Gasteiger partial charge in [-0.1, -0.05) is 87.7 Å². The standard InChI is InChI=1S/C13H19N.C11H15N/c1-4-12-9-7-8-10-13(12)11-14(5-2)6-3;1-4-10-6-5-7-11(8-10)9-12(2)3/h4,7-10H,1,5-6,11H2,2-3H3;4-8H,1,9H2,2-3H3. The Labute approximate surface area is 160 Å². The van der Waals surface area contributed by atoms with Gasteiger partial charge < -0.3 is 4.90 Å². The van der Waals surface area contributed by atoms with Crippen molar-refractivity contribution < 1.29 is 0 Å². The molecule has 0 spiro atoms. The summed E-state index contributed by atoms with van der Waals surface area (Å²) >= 11 is 0. The van der Waals surface area contributed by atoms with Gasteiger partial charge in [0.2, 0.25) is 0 Å². The first kappa shape index (κ1) is 21.9. The second-order valence-corrected chi connectivity index (χ2v) is 6.55. The molecule has 0 radical (unpaired) electrons. The van der Waals surface area contributed by atoms with E-state index in [9.17, 15) is 0 Å². The summed E-state index contributed by atoms with van der Waals surface area (Å²) in [6.07, 6.45) is 3.80. The Kier molecular flexibility index (Phi) is 10.3. The van der Waals surface area contributed by atoms with Crippen LogP contribution in [0.1, 0.15) is 36.1 Å². The summed E-state index contributed by atoms with van der Waals surface area (Å²) in [5.74, 6) is 0. The first-order chi connectivity index (χ1) is 12.5. The van der Waals surface area contributed by atoms with Crippen molar-refractivity contribution in [3.8, 4) is 0 Å². The molecule has 0 aromatic heterocycles. The molecular formula is C24H34N2. The molecule has 0 atom stereocenters. The van der Waals surface area contributed by atoms with Gasteiger partial charge in [-0.25, -0.2) is 0 Å². The molecule has 0 fully saturated rings. The average Bonchev–Trinajstić information content (AvgIpc) is 2.66. The van der Waals surface area contributed by atoms with E-state index in [1.807, 2.05) is 12.2 Å². The Morgan fingerprint density at radius 1 is 0.846 bits per heavy atom. The monoisotopic (exact) mass is 350 g/mol. The minimum atomic E-state index is 0.988. The number of benzene rings is 2. The minimum Gasteiger partial charge on any atom is -0.305 e. The van der Waals surface area contributed by atoms with Crippen molar-refractivity contribution in [2.45, 2.75) is 26.9 Å². The highest BCUT2D eigenvalue weighted by molar-refractivity contribution is 5.51. The zero-order valence-corrected chi connectivity index (χ0v) is 16.9. The molecule has 140 valence electrons. The van der Waals surface area contributed by atoms with Crippen LogP contribution >= 0.6 is 0 Å². The van der Waals surface area contributed by atoms with Gasteiger partial charge in [0.25, 0.3) is 0 Å². The van der Waals surface area contributed by atoms with Gasteiger partial charge in [-0.3, -0.25) is 4.90 Å². The molecule has 0 unspecified atom stereocenters. The highest BCUT2D eigenvalue weighted by Gasteiger charge is 2.03. The van der Waals surface area contributed by atoms with Gasteiger partial charge in [-0.05, 0) is 49.4 Å². The third-order valence-corrected chi connectivity index (χ3v) is 4.25. The first-order valence-corrected chi connectivity index (χ1v) is 9.32. The van der Waals surface area contributed by atoms with Crippen LogP contribution in [-0.2, 0) is 13.1 Å². The first-order valence-electron chi connectivity index (χ1n) is 9.32. The summed E-state index contributed by atoms with van der Waals surface area (Å²) in [5, 5.41) is 0. The molecule has 2 aromatic rings. The van der Waals surface area contributed by atoms with E-state index in [2.05, 4.69) is 99.4 Å². The van der Waals surface area contributed by atoms with E-state index in [0.717, 1.165) is 26.2 Å². The van der Waals surface area contributed by atoms with E-state index >= 15 is 0 Å². The van der Waals surface area contributed by atoms with Crippen molar-refractivity contribution in [2.75, 3.05) is 27.2 Å². The summed E-state index contributed by atoms with van der Waals surface area (Å²) in [6, 6.07) is 16.9. The highest BCUT2D eigenvalue weighted by Crippen LogP contribution is 2.12. The molecule has 0 aliphatic carbocycles. The Morgan fingerprint density at radius 3 is 2.12 bits per heavy atom. The molecule has 0 saturated carbocycles. The lowest BCUT2D eigenvalue weighted by molar-refractivity contribution is 0.295. The Balaban J connectivity index is 0.000000263. The van der Waals surface area contributed by atoms with Gasteiger partial charge in [0.05, 0.1) is 0 Å². The minimum absolute atomic E-state index is 0.988. The topological polar surface area (TPSA) is 6.48 Å². The molecule has 0 saturated heterocycles. The third kappa shape index (κ3) is 7.81. The van der Waals surface area contributed by atoms with Gasteiger partial charge in [0.15, 0.2) is 0 Å². The lowest BCUT2D eigenvalue weighted by atomic mass is 10.1. The molecule has 2 heteroatoms. The SMILES string of the molecule is C=Cc1cccc(CN(C)C)c1.C=Cc1ccccc1CN(CC)CC. The van der Waals surface area contributed by atoms with Gasteiger partial charge in [-0.2, -0.15) is 0 Å². The average molecular weight is 351 g/mol. The largest absolute Gasteiger partial charge is 0.305 e. The van der Waals surface area contributed by atoms with Crippen LogP contribution in [0.25, 0.3) is 12.2 Å². The van der Waals surface area contributed by atoms with E-state index in [1.165, 1.54) is 22.3 Å². The summed E-state index contributed by atoms with van der Waals surface area (Å²) in [4.78, 5) is 4.56. The quantitative estimate of drug-likeness (QED) is 0.615. The smallest absolute Gasteiger partial charge is 0.0239 e. The van der Waals surface area contributed by atoms with Crippen molar-refractivity contribution in [1.82, 2.24) is 9.80 Å². The molecule has 0 aliphatic heterocycles. The van der Waals surface area contributed by atoms with E-state index in [0.29, 0.717) is 0 Å². The Bertz CT molecular complexity index is 669. The van der Waals surface area contributed by atoms with Crippen LogP contribution < -0.4 is 0 Å². The van der Waals surface area contributed by atoms with Gasteiger partial charge in [-0.15, -0.1) is 0 Å². The van der Waals surface area contributed by atoms with Crippen LogP contribution in [-0.4, -0.2) is 37.0 Å². The second-order valence-electron chi connectivity index (χ2n) is 6.55. The molecule has 0 heterocycles.